The largest absolute Gasteiger partial charge is 0.334 e. The van der Waals surface area contributed by atoms with Gasteiger partial charge in [0, 0.05) is 18.9 Å². The molecular formula is C15H21N3O. The zero-order valence-corrected chi connectivity index (χ0v) is 11.2. The Kier molecular flexibility index (Phi) is 3.78. The van der Waals surface area contributed by atoms with E-state index in [2.05, 4.69) is 15.2 Å². The van der Waals surface area contributed by atoms with Gasteiger partial charge in [-0.25, -0.2) is 0 Å². The molecule has 2 aliphatic heterocycles. The Morgan fingerprint density at radius 1 is 1.21 bits per heavy atom. The number of aromatic nitrogens is 1. The van der Waals surface area contributed by atoms with E-state index in [1.807, 2.05) is 24.5 Å². The monoisotopic (exact) mass is 259 g/mol. The van der Waals surface area contributed by atoms with Gasteiger partial charge in [-0.3, -0.25) is 9.78 Å². The smallest absolute Gasteiger partial charge is 0.240 e. The number of carbonyl (C=O) groups excluding carboxylic acids is 1. The minimum absolute atomic E-state index is 0.0381. The van der Waals surface area contributed by atoms with Crippen LogP contribution >= 0.6 is 0 Å². The Hall–Kier alpha value is -1.42. The van der Waals surface area contributed by atoms with E-state index in [9.17, 15) is 4.79 Å². The lowest BCUT2D eigenvalue weighted by molar-refractivity contribution is -0.135. The first kappa shape index (κ1) is 12.6. The van der Waals surface area contributed by atoms with Gasteiger partial charge in [-0.15, -0.1) is 0 Å². The fraction of sp³-hybridized carbons (Fsp3) is 0.600. The number of hydrogen-bond donors (Lipinski definition) is 1. The maximum absolute atomic E-state index is 12.6. The second-order valence-electron chi connectivity index (χ2n) is 5.47. The van der Waals surface area contributed by atoms with Crippen molar-refractivity contribution in [3.63, 3.8) is 0 Å². The van der Waals surface area contributed by atoms with Crippen molar-refractivity contribution in [1.29, 1.82) is 0 Å². The van der Waals surface area contributed by atoms with E-state index < -0.39 is 0 Å². The lowest BCUT2D eigenvalue weighted by Gasteiger charge is -2.31. The van der Waals surface area contributed by atoms with E-state index in [0.29, 0.717) is 5.91 Å². The van der Waals surface area contributed by atoms with Gasteiger partial charge in [0.1, 0.15) is 0 Å². The lowest BCUT2D eigenvalue weighted by Crippen LogP contribution is -2.48. The first-order chi connectivity index (χ1) is 9.36. The molecule has 0 radical (unpaired) electrons. The van der Waals surface area contributed by atoms with Crippen LogP contribution < -0.4 is 5.32 Å². The first-order valence-corrected chi connectivity index (χ1v) is 7.30. The third-order valence-corrected chi connectivity index (χ3v) is 4.24. The van der Waals surface area contributed by atoms with Crippen molar-refractivity contribution >= 4 is 5.91 Å². The van der Waals surface area contributed by atoms with Crippen molar-refractivity contribution in [1.82, 2.24) is 15.2 Å². The molecule has 3 rings (SSSR count). The van der Waals surface area contributed by atoms with Gasteiger partial charge in [-0.1, -0.05) is 6.42 Å². The molecule has 2 saturated heterocycles. The van der Waals surface area contributed by atoms with Crippen LogP contribution in [0.3, 0.4) is 0 Å². The summed E-state index contributed by atoms with van der Waals surface area (Å²) in [6.07, 6.45) is 9.14. The number of piperidine rings is 1. The molecule has 3 heterocycles. The maximum atomic E-state index is 12.6. The third-order valence-electron chi connectivity index (χ3n) is 4.24. The first-order valence-electron chi connectivity index (χ1n) is 7.30. The van der Waals surface area contributed by atoms with Crippen molar-refractivity contribution in [2.45, 2.75) is 44.2 Å². The average molecular weight is 259 g/mol. The molecule has 0 spiro atoms. The fourth-order valence-corrected chi connectivity index (χ4v) is 3.23. The summed E-state index contributed by atoms with van der Waals surface area (Å²) in [6.45, 7) is 1.87. The molecule has 1 amide bonds. The minimum Gasteiger partial charge on any atom is -0.334 e. The van der Waals surface area contributed by atoms with Crippen LogP contribution in [0.15, 0.2) is 24.5 Å². The maximum Gasteiger partial charge on any atom is 0.240 e. The summed E-state index contributed by atoms with van der Waals surface area (Å²) >= 11 is 0. The number of carbonyl (C=O) groups is 1. The SMILES string of the molecule is O=C([C@H]1CCCCN1)N1CCCC1c1ccncc1. The highest BCUT2D eigenvalue weighted by molar-refractivity contribution is 5.82. The Morgan fingerprint density at radius 2 is 2.05 bits per heavy atom. The number of rotatable bonds is 2. The highest BCUT2D eigenvalue weighted by Crippen LogP contribution is 2.32. The number of pyridine rings is 1. The van der Waals surface area contributed by atoms with E-state index >= 15 is 0 Å². The molecule has 0 saturated carbocycles. The lowest BCUT2D eigenvalue weighted by atomic mass is 10.0. The van der Waals surface area contributed by atoms with Gasteiger partial charge in [0.05, 0.1) is 12.1 Å². The molecule has 19 heavy (non-hydrogen) atoms. The molecular weight excluding hydrogens is 238 g/mol. The second-order valence-corrected chi connectivity index (χ2v) is 5.47. The number of amides is 1. The molecule has 2 fully saturated rings. The summed E-state index contributed by atoms with van der Waals surface area (Å²) in [7, 11) is 0. The van der Waals surface area contributed by atoms with E-state index in [4.69, 9.17) is 0 Å². The van der Waals surface area contributed by atoms with Gasteiger partial charge in [0.15, 0.2) is 0 Å². The van der Waals surface area contributed by atoms with Crippen molar-refractivity contribution in [3.05, 3.63) is 30.1 Å². The number of nitrogens with zero attached hydrogens (tertiary/aromatic N) is 2. The van der Waals surface area contributed by atoms with E-state index in [1.165, 1.54) is 12.0 Å². The summed E-state index contributed by atoms with van der Waals surface area (Å²) in [5.74, 6) is 0.291. The van der Waals surface area contributed by atoms with Gasteiger partial charge in [-0.05, 0) is 49.9 Å². The fourth-order valence-electron chi connectivity index (χ4n) is 3.23. The van der Waals surface area contributed by atoms with Crippen molar-refractivity contribution in [2.24, 2.45) is 0 Å². The highest BCUT2D eigenvalue weighted by Gasteiger charge is 2.34. The van der Waals surface area contributed by atoms with Gasteiger partial charge < -0.3 is 10.2 Å². The molecule has 1 aromatic heterocycles. The van der Waals surface area contributed by atoms with Crippen LogP contribution in [0.5, 0.6) is 0 Å². The van der Waals surface area contributed by atoms with Gasteiger partial charge >= 0.3 is 0 Å². The molecule has 2 atom stereocenters. The highest BCUT2D eigenvalue weighted by atomic mass is 16.2. The summed E-state index contributed by atoms with van der Waals surface area (Å²) in [5, 5.41) is 3.36. The van der Waals surface area contributed by atoms with Crippen molar-refractivity contribution in [3.8, 4) is 0 Å². The molecule has 0 aliphatic carbocycles. The van der Waals surface area contributed by atoms with Crippen LogP contribution in [-0.4, -0.2) is 34.9 Å². The number of likely N-dealkylation sites (tertiary alicyclic amines) is 1. The Bertz CT molecular complexity index is 428. The van der Waals surface area contributed by atoms with E-state index in [1.54, 1.807) is 0 Å². The van der Waals surface area contributed by atoms with Crippen LogP contribution in [0.2, 0.25) is 0 Å². The normalized spacial score (nSPS) is 27.5. The van der Waals surface area contributed by atoms with Crippen LogP contribution in [0.1, 0.15) is 43.7 Å². The van der Waals surface area contributed by atoms with Crippen LogP contribution in [0, 0.1) is 0 Å². The van der Waals surface area contributed by atoms with Crippen LogP contribution in [0.4, 0.5) is 0 Å². The average Bonchev–Trinajstić information content (AvgIpc) is 2.98. The predicted molar refractivity (Wildman–Crippen MR) is 73.6 cm³/mol. The standard InChI is InChI=1S/C15H21N3O/c19-15(13-4-1-2-8-17-13)18-11-3-5-14(18)12-6-9-16-10-7-12/h6-7,9-10,13-14,17H,1-5,8,11H2/t13-,14?/m1/s1. The molecule has 0 bridgehead atoms. The zero-order valence-electron chi connectivity index (χ0n) is 11.2. The van der Waals surface area contributed by atoms with Crippen LogP contribution in [-0.2, 0) is 4.79 Å². The predicted octanol–water partition coefficient (Wildman–Crippen LogP) is 1.89. The molecule has 102 valence electrons. The number of nitrogens with one attached hydrogen (secondary N) is 1. The van der Waals surface area contributed by atoms with Crippen molar-refractivity contribution < 1.29 is 4.79 Å². The topological polar surface area (TPSA) is 45.2 Å². The molecule has 4 heteroatoms. The summed E-state index contributed by atoms with van der Waals surface area (Å²) < 4.78 is 0. The molecule has 1 unspecified atom stereocenters. The summed E-state index contributed by atoms with van der Waals surface area (Å²) in [4.78, 5) is 18.8. The van der Waals surface area contributed by atoms with Gasteiger partial charge in [-0.2, -0.15) is 0 Å². The molecule has 2 aliphatic rings. The number of hydrogen-bond acceptors (Lipinski definition) is 3. The van der Waals surface area contributed by atoms with Crippen molar-refractivity contribution in [2.75, 3.05) is 13.1 Å². The third kappa shape index (κ3) is 2.63. The summed E-state index contributed by atoms with van der Waals surface area (Å²) in [6, 6.07) is 4.35. The Labute approximate surface area is 114 Å². The molecule has 0 aromatic carbocycles. The molecule has 4 nitrogen and oxygen atoms in total. The summed E-state index contributed by atoms with van der Waals surface area (Å²) in [5.41, 5.74) is 1.22. The van der Waals surface area contributed by atoms with Gasteiger partial charge in [0.2, 0.25) is 5.91 Å². The van der Waals surface area contributed by atoms with E-state index in [-0.39, 0.29) is 12.1 Å². The minimum atomic E-state index is 0.0381. The Morgan fingerprint density at radius 3 is 2.79 bits per heavy atom. The van der Waals surface area contributed by atoms with Crippen LogP contribution in [0.25, 0.3) is 0 Å². The molecule has 1 aromatic rings. The quantitative estimate of drug-likeness (QED) is 0.882. The Balaban J connectivity index is 1.74. The molecule has 1 N–H and O–H groups in total. The van der Waals surface area contributed by atoms with E-state index in [0.717, 1.165) is 38.8 Å². The second kappa shape index (κ2) is 5.70. The zero-order chi connectivity index (χ0) is 13.1. The van der Waals surface area contributed by atoms with Gasteiger partial charge in [0.25, 0.3) is 0 Å².